The highest BCUT2D eigenvalue weighted by Gasteiger charge is 2.48. The van der Waals surface area contributed by atoms with Gasteiger partial charge in [0.25, 0.3) is 0 Å². The number of esters is 2. The van der Waals surface area contributed by atoms with E-state index in [2.05, 4.69) is 0 Å². The molecule has 402 valence electrons. The maximum atomic E-state index is 13.9. The number of carbonyl (C=O) groups excluding carboxylic acids is 4. The lowest BCUT2D eigenvalue weighted by Crippen LogP contribution is -2.57. The number of carbonyl (C=O) groups is 3. The van der Waals surface area contributed by atoms with Gasteiger partial charge in [-0.3, -0.25) is 9.22 Å². The van der Waals surface area contributed by atoms with E-state index in [0.717, 1.165) is 17.4 Å². The highest BCUT2D eigenvalue weighted by atomic mass is 35.5. The van der Waals surface area contributed by atoms with Crippen molar-refractivity contribution in [3.63, 3.8) is 0 Å². The molecule has 19 heteroatoms. The molecule has 4 rings (SSSR count). The molecule has 3 heterocycles. The number of aliphatic hydroxyl groups is 4. The summed E-state index contributed by atoms with van der Waals surface area (Å²) in [6, 6.07) is 0. The number of hydrogen-bond donors (Lipinski definition) is 6. The van der Waals surface area contributed by atoms with Gasteiger partial charge in [-0.1, -0.05) is 86.9 Å². The molecule has 0 saturated carbocycles. The Morgan fingerprint density at radius 1 is 1.01 bits per heavy atom. The van der Waals surface area contributed by atoms with Gasteiger partial charge in [-0.25, -0.2) is 4.79 Å². The average molecular weight is 1060 g/mol. The third-order valence-electron chi connectivity index (χ3n) is 13.1. The molecule has 3 aliphatic rings. The molecule has 1 aromatic rings. The molecule has 3 aliphatic heterocycles. The van der Waals surface area contributed by atoms with Gasteiger partial charge in [0.05, 0.1) is 70.5 Å². The van der Waals surface area contributed by atoms with E-state index in [1.165, 1.54) is 20.1 Å². The van der Waals surface area contributed by atoms with E-state index in [4.69, 9.17) is 60.8 Å². The molecule has 0 radical (unpaired) electrons. The van der Waals surface area contributed by atoms with Gasteiger partial charge in [0, 0.05) is 25.9 Å². The van der Waals surface area contributed by atoms with Crippen molar-refractivity contribution in [2.75, 3.05) is 13.7 Å². The van der Waals surface area contributed by atoms with Crippen LogP contribution < -0.4 is 0 Å². The van der Waals surface area contributed by atoms with Crippen LogP contribution in [0.15, 0.2) is 58.7 Å². The fourth-order valence-corrected chi connectivity index (χ4v) is 9.30. The standard InChI is InChI=1S/C53H74Cl2O17/c1-13-32-22-28(6)36(57)18-16-15-17-33(24-67-52-47(65-12)43(59)35(31(9)68-52)25-66-51(64)40-34(14-2)41(54)45(61)42(55)44(40)60)50(63)69-38(30(8)56)20-19-27(5)21-29(7)46(32)70-39-23-37(58)48(53(10,11)72-39)71-49(62)26(3)4/h15-17,19,21-22,25-26,30-32,35-39,43,46-48,52,56-59H,13-14,18,20,23-24H2,1-12H3,(H-,60,61,64)/p+1. The molecular weight excluding hydrogens is 979 g/mol. The Morgan fingerprint density at radius 2 is 1.69 bits per heavy atom. The zero-order chi connectivity index (χ0) is 53.9. The smallest absolute Gasteiger partial charge is 0.505 e. The van der Waals surface area contributed by atoms with Crippen molar-refractivity contribution in [1.29, 1.82) is 0 Å². The van der Waals surface area contributed by atoms with Gasteiger partial charge in [-0.05, 0) is 90.5 Å². The summed E-state index contributed by atoms with van der Waals surface area (Å²) < 4.78 is 47.8. The predicted molar refractivity (Wildman–Crippen MR) is 268 cm³/mol. The van der Waals surface area contributed by atoms with Gasteiger partial charge in [0.15, 0.2) is 42.0 Å². The number of aromatic hydroxyl groups is 2. The predicted octanol–water partition coefficient (Wildman–Crippen LogP) is 7.23. The van der Waals surface area contributed by atoms with E-state index in [1.54, 1.807) is 53.7 Å². The van der Waals surface area contributed by atoms with Crippen LogP contribution in [0.25, 0.3) is 0 Å². The number of allylic oxidation sites excluding steroid dienone is 4. The molecule has 2 fully saturated rings. The molecule has 0 bridgehead atoms. The van der Waals surface area contributed by atoms with Gasteiger partial charge in [-0.2, -0.15) is 0 Å². The Hall–Kier alpha value is -3.98. The summed E-state index contributed by atoms with van der Waals surface area (Å²) in [4.78, 5) is 39.7. The molecule has 13 atom stereocenters. The third-order valence-corrected chi connectivity index (χ3v) is 13.9. The van der Waals surface area contributed by atoms with Crippen LogP contribution in [0.5, 0.6) is 11.5 Å². The van der Waals surface area contributed by atoms with Gasteiger partial charge in [0.1, 0.15) is 22.8 Å². The Bertz CT molecular complexity index is 2250. The van der Waals surface area contributed by atoms with Crippen LogP contribution >= 0.6 is 23.2 Å². The van der Waals surface area contributed by atoms with E-state index >= 15 is 0 Å². The number of hydrogen-bond acceptors (Lipinski definition) is 16. The van der Waals surface area contributed by atoms with Crippen molar-refractivity contribution in [3.05, 3.63) is 79.9 Å². The number of aldehydes is 1. The van der Waals surface area contributed by atoms with Crippen LogP contribution in [0.1, 0.15) is 118 Å². The van der Waals surface area contributed by atoms with Crippen LogP contribution in [0.3, 0.4) is 0 Å². The lowest BCUT2D eigenvalue weighted by molar-refractivity contribution is -0.349. The molecule has 1 aromatic carbocycles. The minimum atomic E-state index is -1.39. The molecule has 0 aromatic heterocycles. The summed E-state index contributed by atoms with van der Waals surface area (Å²) in [7, 11) is 1.31. The summed E-state index contributed by atoms with van der Waals surface area (Å²) in [5.74, 6) is -5.28. The summed E-state index contributed by atoms with van der Waals surface area (Å²) in [6.45, 7) is 18.8. The first kappa shape index (κ1) is 60.6. The third kappa shape index (κ3) is 15.3. The SMILES string of the molecule is CCc1c(Cl)c(O)c(Cl)c(O)c1C(=O)[O+]=CC1C(C)OC(OCC2=CC=CCC(O)C(C)=CC(CC)C(OC3CC(O)C(OC(=O)C(C)C)C(C)(C)O3)C(C)=CC(C)=CCC(C(C)O)OC2=O)C(OC)C1O. The molecule has 6 N–H and O–H groups in total. The molecule has 0 spiro atoms. The Kier molecular flexibility index (Phi) is 22.7. The first-order chi connectivity index (χ1) is 33.8. The molecule has 0 amide bonds. The number of aliphatic hydroxyl groups excluding tert-OH is 4. The van der Waals surface area contributed by atoms with Crippen molar-refractivity contribution in [3.8, 4) is 11.5 Å². The highest BCUT2D eigenvalue weighted by molar-refractivity contribution is 6.39. The Morgan fingerprint density at radius 3 is 2.29 bits per heavy atom. The lowest BCUT2D eigenvalue weighted by atomic mass is 9.88. The number of ether oxygens (including phenoxy) is 7. The van der Waals surface area contributed by atoms with Gasteiger partial charge < -0.3 is 63.8 Å². The fourth-order valence-electron chi connectivity index (χ4n) is 8.74. The quantitative estimate of drug-likeness (QED) is 0.0494. The molecule has 17 nitrogen and oxygen atoms in total. The van der Waals surface area contributed by atoms with Gasteiger partial charge >= 0.3 is 17.9 Å². The first-order valence-corrected chi connectivity index (χ1v) is 25.1. The van der Waals surface area contributed by atoms with Crippen molar-refractivity contribution >= 4 is 47.4 Å². The maximum absolute atomic E-state index is 13.9. The second kappa shape index (κ2) is 27.0. The lowest BCUT2D eigenvalue weighted by Gasteiger charge is -2.45. The number of halogens is 2. The van der Waals surface area contributed by atoms with E-state index < -0.39 is 126 Å². The van der Waals surface area contributed by atoms with Crippen LogP contribution in [0.4, 0.5) is 0 Å². The Labute approximate surface area is 432 Å². The summed E-state index contributed by atoms with van der Waals surface area (Å²) >= 11 is 12.2. The number of benzene rings is 1. The summed E-state index contributed by atoms with van der Waals surface area (Å²) in [6.07, 6.45) is 1.30. The zero-order valence-electron chi connectivity index (χ0n) is 43.3. The van der Waals surface area contributed by atoms with Crippen molar-refractivity contribution in [1.82, 2.24) is 0 Å². The molecule has 0 aliphatic carbocycles. The van der Waals surface area contributed by atoms with Crippen molar-refractivity contribution in [2.45, 2.75) is 181 Å². The van der Waals surface area contributed by atoms with E-state index in [0.29, 0.717) is 12.0 Å². The first-order valence-electron chi connectivity index (χ1n) is 24.4. The summed E-state index contributed by atoms with van der Waals surface area (Å²) in [5.41, 5.74) is 0.881. The van der Waals surface area contributed by atoms with E-state index in [-0.39, 0.29) is 53.3 Å². The topological polar surface area (TPSA) is 248 Å². The number of rotatable bonds is 13. The molecule has 13 unspecified atom stereocenters. The Balaban J connectivity index is 1.59. The second-order valence-electron chi connectivity index (χ2n) is 19.5. The molecule has 72 heavy (non-hydrogen) atoms. The van der Waals surface area contributed by atoms with Crippen molar-refractivity contribution in [2.24, 2.45) is 17.8 Å². The van der Waals surface area contributed by atoms with Crippen LogP contribution in [0, 0.1) is 17.8 Å². The number of phenolic OH excluding ortho intramolecular Hbond substituents is 2. The van der Waals surface area contributed by atoms with E-state index in [9.17, 15) is 45.0 Å². The monoisotopic (exact) mass is 1050 g/mol. The number of methoxy groups -OCH3 is 1. The zero-order valence-corrected chi connectivity index (χ0v) is 44.8. The minimum absolute atomic E-state index is 0.00542. The van der Waals surface area contributed by atoms with E-state index in [1.807, 2.05) is 45.9 Å². The number of cyclic esters (lactones) is 1. The molecular formula is C53H75Cl2O17+. The fraction of sp³-hybridized carbons (Fsp3) is 0.623. The van der Waals surface area contributed by atoms with Crippen LogP contribution in [0.2, 0.25) is 10.0 Å². The largest absolute Gasteiger partial charge is 0.616 e. The number of phenols is 2. The van der Waals surface area contributed by atoms with Crippen molar-refractivity contribution < 1.29 is 82.6 Å². The minimum Gasteiger partial charge on any atom is -0.505 e. The van der Waals surface area contributed by atoms with Crippen LogP contribution in [-0.2, 0) is 53.6 Å². The van der Waals surface area contributed by atoms with Crippen LogP contribution in [-0.4, -0.2) is 142 Å². The average Bonchev–Trinajstić information content (AvgIpc) is 3.31. The normalized spacial score (nSPS) is 30.6. The highest BCUT2D eigenvalue weighted by Crippen LogP contribution is 2.45. The van der Waals surface area contributed by atoms with Gasteiger partial charge in [-0.15, -0.1) is 0 Å². The summed E-state index contributed by atoms with van der Waals surface area (Å²) in [5, 5.41) is 65.0. The molecule has 2 saturated heterocycles. The van der Waals surface area contributed by atoms with Gasteiger partial charge in [0.2, 0.25) is 0 Å². The maximum Gasteiger partial charge on any atom is 0.616 e. The second-order valence-corrected chi connectivity index (χ2v) is 20.3.